The monoisotopic (exact) mass is 286 g/mol. The summed E-state index contributed by atoms with van der Waals surface area (Å²) in [5.74, 6) is -0.0510. The predicted molar refractivity (Wildman–Crippen MR) is 79.3 cm³/mol. The normalized spacial score (nSPS) is 9.90. The van der Waals surface area contributed by atoms with Crippen molar-refractivity contribution in [2.24, 2.45) is 0 Å². The second-order valence-corrected chi connectivity index (χ2v) is 5.53. The van der Waals surface area contributed by atoms with Crippen LogP contribution in [0.3, 0.4) is 0 Å². The van der Waals surface area contributed by atoms with Gasteiger partial charge in [0, 0.05) is 25.3 Å². The third-order valence-electron chi connectivity index (χ3n) is 2.75. The molecule has 1 heterocycles. The molecule has 2 aromatic rings. The van der Waals surface area contributed by atoms with Crippen LogP contribution in [0.25, 0.3) is 0 Å². The van der Waals surface area contributed by atoms with Gasteiger partial charge in [0.05, 0.1) is 6.20 Å². The highest BCUT2D eigenvalue weighted by Crippen LogP contribution is 2.25. The highest BCUT2D eigenvalue weighted by Gasteiger charge is 2.11. The van der Waals surface area contributed by atoms with Crippen LogP contribution in [0.1, 0.15) is 20.8 Å². The number of thiazole rings is 1. The van der Waals surface area contributed by atoms with E-state index in [2.05, 4.69) is 10.3 Å². The van der Waals surface area contributed by atoms with Gasteiger partial charge >= 0.3 is 0 Å². The molecule has 5 nitrogen and oxygen atoms in total. The molecule has 0 saturated heterocycles. The van der Waals surface area contributed by atoms with E-state index in [-0.39, 0.29) is 5.91 Å². The molecule has 0 aliphatic rings. The summed E-state index contributed by atoms with van der Waals surface area (Å²) >= 11 is 1.28. The third-order valence-corrected chi connectivity index (χ3v) is 3.57. The van der Waals surface area contributed by atoms with Crippen molar-refractivity contribution in [2.45, 2.75) is 6.92 Å². The molecule has 1 aromatic carbocycles. The van der Waals surface area contributed by atoms with Gasteiger partial charge in [0.25, 0.3) is 5.91 Å². The average molecular weight is 286 g/mol. The van der Waals surface area contributed by atoms with Crippen molar-refractivity contribution >= 4 is 28.1 Å². The smallest absolute Gasteiger partial charge is 0.253 e. The molecule has 1 amide bonds. The number of benzene rings is 1. The largest absolute Gasteiger partial charge is 0.345 e. The molecule has 0 saturated carbocycles. The zero-order chi connectivity index (χ0) is 14.7. The van der Waals surface area contributed by atoms with Crippen LogP contribution in [-0.4, -0.2) is 29.9 Å². The van der Waals surface area contributed by atoms with Crippen molar-refractivity contribution < 1.29 is 4.79 Å². The zero-order valence-electron chi connectivity index (χ0n) is 11.5. The SMILES string of the molecule is Cc1ccc(C(=O)N(C)C)cc1Nc1ncc(C#N)s1. The molecule has 0 bridgehead atoms. The lowest BCUT2D eigenvalue weighted by atomic mass is 10.1. The lowest BCUT2D eigenvalue weighted by Gasteiger charge is -2.13. The number of carbonyl (C=O) groups excluding carboxylic acids is 1. The first-order valence-electron chi connectivity index (χ1n) is 5.96. The highest BCUT2D eigenvalue weighted by atomic mass is 32.1. The first-order valence-corrected chi connectivity index (χ1v) is 6.78. The zero-order valence-corrected chi connectivity index (χ0v) is 12.3. The Morgan fingerprint density at radius 2 is 2.20 bits per heavy atom. The number of nitriles is 1. The maximum Gasteiger partial charge on any atom is 0.253 e. The molecule has 2 rings (SSSR count). The van der Waals surface area contributed by atoms with Crippen LogP contribution < -0.4 is 5.32 Å². The molecule has 1 N–H and O–H groups in total. The van der Waals surface area contributed by atoms with Gasteiger partial charge in [0.15, 0.2) is 5.13 Å². The quantitative estimate of drug-likeness (QED) is 0.942. The van der Waals surface area contributed by atoms with Gasteiger partial charge in [-0.25, -0.2) is 4.98 Å². The minimum atomic E-state index is -0.0510. The van der Waals surface area contributed by atoms with Crippen LogP contribution >= 0.6 is 11.3 Å². The molecule has 1 aromatic heterocycles. The lowest BCUT2D eigenvalue weighted by molar-refractivity contribution is 0.0827. The molecule has 6 heteroatoms. The average Bonchev–Trinajstić information content (AvgIpc) is 2.88. The fraction of sp³-hybridized carbons (Fsp3) is 0.214. The van der Waals surface area contributed by atoms with Crippen molar-refractivity contribution in [3.8, 4) is 6.07 Å². The van der Waals surface area contributed by atoms with Crippen LogP contribution in [-0.2, 0) is 0 Å². The Kier molecular flexibility index (Phi) is 4.01. The molecule has 0 unspecified atom stereocenters. The van der Waals surface area contributed by atoms with E-state index in [1.165, 1.54) is 22.4 Å². The summed E-state index contributed by atoms with van der Waals surface area (Å²) in [7, 11) is 3.44. The highest BCUT2D eigenvalue weighted by molar-refractivity contribution is 7.16. The molecular formula is C14H14N4OS. The number of carbonyl (C=O) groups is 1. The van der Waals surface area contributed by atoms with Gasteiger partial charge in [0.2, 0.25) is 0 Å². The van der Waals surface area contributed by atoms with Crippen molar-refractivity contribution in [1.29, 1.82) is 5.26 Å². The van der Waals surface area contributed by atoms with Gasteiger partial charge in [-0.2, -0.15) is 5.26 Å². The summed E-state index contributed by atoms with van der Waals surface area (Å²) in [6, 6.07) is 7.53. The minimum absolute atomic E-state index is 0.0510. The summed E-state index contributed by atoms with van der Waals surface area (Å²) in [5.41, 5.74) is 2.44. The standard InChI is InChI=1S/C14H14N4OS/c1-9-4-5-10(13(19)18(2)3)6-12(9)17-14-16-8-11(7-15)20-14/h4-6,8H,1-3H3,(H,16,17). The topological polar surface area (TPSA) is 69.0 Å². The Morgan fingerprint density at radius 3 is 2.80 bits per heavy atom. The number of rotatable bonds is 3. The Hall–Kier alpha value is -2.39. The van der Waals surface area contributed by atoms with E-state index in [9.17, 15) is 4.79 Å². The van der Waals surface area contributed by atoms with Crippen LogP contribution in [0.15, 0.2) is 24.4 Å². The van der Waals surface area contributed by atoms with Gasteiger partial charge in [-0.3, -0.25) is 4.79 Å². The van der Waals surface area contributed by atoms with E-state index in [4.69, 9.17) is 5.26 Å². The number of aryl methyl sites for hydroxylation is 1. The van der Waals surface area contributed by atoms with E-state index in [1.807, 2.05) is 19.1 Å². The third kappa shape index (κ3) is 2.95. The molecule has 0 fully saturated rings. The second kappa shape index (κ2) is 5.72. The van der Waals surface area contributed by atoms with Crippen LogP contribution in [0, 0.1) is 18.3 Å². The number of nitrogens with one attached hydrogen (secondary N) is 1. The molecule has 0 atom stereocenters. The number of amides is 1. The van der Waals surface area contributed by atoms with E-state index in [0.717, 1.165) is 11.3 Å². The first-order chi connectivity index (χ1) is 9.51. The summed E-state index contributed by atoms with van der Waals surface area (Å²) in [6.45, 7) is 1.95. The Balaban J connectivity index is 2.29. The van der Waals surface area contributed by atoms with Crippen LogP contribution in [0.2, 0.25) is 0 Å². The molecule has 0 aliphatic carbocycles. The molecular weight excluding hydrogens is 272 g/mol. The predicted octanol–water partition coefficient (Wildman–Crippen LogP) is 2.77. The van der Waals surface area contributed by atoms with Gasteiger partial charge < -0.3 is 10.2 Å². The van der Waals surface area contributed by atoms with E-state index in [1.54, 1.807) is 26.2 Å². The minimum Gasteiger partial charge on any atom is -0.345 e. The number of aromatic nitrogens is 1. The maximum absolute atomic E-state index is 12.0. The Bertz CT molecular complexity index is 685. The number of nitrogens with zero attached hydrogens (tertiary/aromatic N) is 3. The number of anilines is 2. The van der Waals surface area contributed by atoms with Gasteiger partial charge in [-0.15, -0.1) is 0 Å². The van der Waals surface area contributed by atoms with E-state index in [0.29, 0.717) is 15.6 Å². The van der Waals surface area contributed by atoms with Crippen molar-refractivity contribution in [3.05, 3.63) is 40.4 Å². The van der Waals surface area contributed by atoms with Gasteiger partial charge in [-0.05, 0) is 24.6 Å². The summed E-state index contributed by atoms with van der Waals surface area (Å²) < 4.78 is 0. The van der Waals surface area contributed by atoms with Crippen molar-refractivity contribution in [3.63, 3.8) is 0 Å². The fourth-order valence-electron chi connectivity index (χ4n) is 1.65. The maximum atomic E-state index is 12.0. The second-order valence-electron chi connectivity index (χ2n) is 4.50. The van der Waals surface area contributed by atoms with E-state index < -0.39 is 0 Å². The summed E-state index contributed by atoms with van der Waals surface area (Å²) in [5, 5.41) is 12.6. The summed E-state index contributed by atoms with van der Waals surface area (Å²) in [6.07, 6.45) is 1.52. The lowest BCUT2D eigenvalue weighted by Crippen LogP contribution is -2.21. The molecule has 0 spiro atoms. The molecule has 0 aliphatic heterocycles. The fourth-order valence-corrected chi connectivity index (χ4v) is 2.27. The van der Waals surface area contributed by atoms with Gasteiger partial charge in [0.1, 0.15) is 10.9 Å². The number of hydrogen-bond acceptors (Lipinski definition) is 5. The van der Waals surface area contributed by atoms with Gasteiger partial charge in [-0.1, -0.05) is 17.4 Å². The summed E-state index contributed by atoms with van der Waals surface area (Å²) in [4.78, 5) is 18.2. The van der Waals surface area contributed by atoms with Crippen molar-refractivity contribution in [1.82, 2.24) is 9.88 Å². The molecule has 20 heavy (non-hydrogen) atoms. The molecule has 0 radical (unpaired) electrons. The first kappa shape index (κ1) is 14.0. The molecule has 102 valence electrons. The van der Waals surface area contributed by atoms with Crippen LogP contribution in [0.5, 0.6) is 0 Å². The van der Waals surface area contributed by atoms with E-state index >= 15 is 0 Å². The number of hydrogen-bond donors (Lipinski definition) is 1. The Morgan fingerprint density at radius 1 is 1.45 bits per heavy atom. The Labute approximate surface area is 121 Å². The van der Waals surface area contributed by atoms with Crippen LogP contribution in [0.4, 0.5) is 10.8 Å². The van der Waals surface area contributed by atoms with Crippen molar-refractivity contribution in [2.75, 3.05) is 19.4 Å².